The monoisotopic (exact) mass is 954 g/mol. The minimum Gasteiger partial charge on any atom is -0.483 e. The Morgan fingerprint density at radius 1 is 0.928 bits per heavy atom. The van der Waals surface area contributed by atoms with E-state index < -0.39 is 60.1 Å². The zero-order valence-electron chi connectivity index (χ0n) is 36.7. The van der Waals surface area contributed by atoms with Gasteiger partial charge in [-0.1, -0.05) is 38.2 Å². The number of rotatable bonds is 22. The van der Waals surface area contributed by atoms with Crippen molar-refractivity contribution in [2.24, 2.45) is 5.73 Å². The van der Waals surface area contributed by atoms with Crippen molar-refractivity contribution < 1.29 is 60.7 Å². The predicted octanol–water partition coefficient (Wildman–Crippen LogP) is 5.15. The molecule has 5 heterocycles. The third-order valence-electron chi connectivity index (χ3n) is 11.1. The second-order valence-electron chi connectivity index (χ2n) is 16.1. The first-order valence-electron chi connectivity index (χ1n) is 21.9. The molecular formula is C46H45F3N10O10. The number of nitrogens with two attached hydrogens (primary N) is 1. The highest BCUT2D eigenvalue weighted by molar-refractivity contribution is 6.24. The molecule has 5 aromatic rings. The number of imide groups is 2. The van der Waals surface area contributed by atoms with Crippen molar-refractivity contribution in [2.75, 3.05) is 30.3 Å². The highest BCUT2D eigenvalue weighted by atomic mass is 19.4. The van der Waals surface area contributed by atoms with Crippen LogP contribution in [0, 0.1) is 0 Å². The average Bonchev–Trinajstić information content (AvgIpc) is 4.05. The number of aromatic nitrogens is 4. The van der Waals surface area contributed by atoms with Gasteiger partial charge in [0, 0.05) is 36.7 Å². The Morgan fingerprint density at radius 2 is 1.67 bits per heavy atom. The van der Waals surface area contributed by atoms with Crippen LogP contribution in [0.25, 0.3) is 17.1 Å². The number of primary amides is 1. The predicted molar refractivity (Wildman–Crippen MR) is 237 cm³/mol. The summed E-state index contributed by atoms with van der Waals surface area (Å²) in [5, 5.41) is 13.8. The van der Waals surface area contributed by atoms with Crippen LogP contribution in [0.2, 0.25) is 0 Å². The van der Waals surface area contributed by atoms with Gasteiger partial charge in [-0.25, -0.2) is 14.6 Å². The van der Waals surface area contributed by atoms with Crippen molar-refractivity contribution in [3.63, 3.8) is 0 Å². The van der Waals surface area contributed by atoms with E-state index in [0.717, 1.165) is 49.7 Å². The lowest BCUT2D eigenvalue weighted by molar-refractivity contribution is -0.136. The molecule has 0 bridgehead atoms. The second-order valence-corrected chi connectivity index (χ2v) is 16.1. The fourth-order valence-electron chi connectivity index (χ4n) is 7.59. The van der Waals surface area contributed by atoms with Gasteiger partial charge in [-0.15, -0.1) is 0 Å². The Bertz CT molecular complexity index is 2790. The van der Waals surface area contributed by atoms with Gasteiger partial charge >= 0.3 is 6.18 Å². The van der Waals surface area contributed by atoms with Crippen LogP contribution in [0.3, 0.4) is 0 Å². The van der Waals surface area contributed by atoms with Gasteiger partial charge in [0.25, 0.3) is 29.5 Å². The first kappa shape index (κ1) is 48.7. The number of ether oxygens (including phenoxy) is 1. The topological polar surface area (TPSA) is 280 Å². The normalized spacial score (nSPS) is 14.6. The summed E-state index contributed by atoms with van der Waals surface area (Å²) >= 11 is 0. The van der Waals surface area contributed by atoms with Crippen LogP contribution in [-0.2, 0) is 14.4 Å². The Balaban J connectivity index is 0.782. The molecule has 0 radical (unpaired) electrons. The average molecular weight is 955 g/mol. The molecule has 23 heteroatoms. The minimum absolute atomic E-state index is 0.00656. The number of carbonyl (C=O) groups is 8. The molecule has 2 aliphatic rings. The number of anilines is 2. The molecule has 1 saturated heterocycles. The lowest BCUT2D eigenvalue weighted by Gasteiger charge is -2.27. The molecule has 7 amide bonds. The summed E-state index contributed by atoms with van der Waals surface area (Å²) in [6.07, 6.45) is 5.46. The Hall–Kier alpha value is -8.24. The summed E-state index contributed by atoms with van der Waals surface area (Å²) in [5.41, 5.74) is 6.25. The molecule has 20 nitrogen and oxygen atoms in total. The van der Waals surface area contributed by atoms with E-state index in [1.165, 1.54) is 47.4 Å². The molecule has 2 aromatic carbocycles. The van der Waals surface area contributed by atoms with Crippen LogP contribution in [0.5, 0.6) is 5.75 Å². The van der Waals surface area contributed by atoms with E-state index in [0.29, 0.717) is 30.6 Å². The number of halogens is 3. The SMILES string of the molecule is NC(=O)c1nn(-c2ccc(C(=O)CCCCCCCCCNC(=O)COc3cccc4c3C(=O)N(C3CCC(=O)NC3=O)C4=O)cc2)cc1NC(=O)c1coc(-c2ccnc(NCC(F)(F)F)c2)n1. The summed E-state index contributed by atoms with van der Waals surface area (Å²) in [4.78, 5) is 110. The quantitative estimate of drug-likeness (QED) is 0.0341. The van der Waals surface area contributed by atoms with Gasteiger partial charge in [0.05, 0.1) is 28.7 Å². The lowest BCUT2D eigenvalue weighted by atomic mass is 10.0. The number of carbonyl (C=O) groups excluding carboxylic acids is 8. The van der Waals surface area contributed by atoms with Crippen molar-refractivity contribution in [1.82, 2.24) is 35.3 Å². The van der Waals surface area contributed by atoms with Crippen molar-refractivity contribution >= 4 is 58.6 Å². The first-order valence-corrected chi connectivity index (χ1v) is 21.9. The van der Waals surface area contributed by atoms with E-state index in [-0.39, 0.29) is 76.5 Å². The van der Waals surface area contributed by atoms with E-state index in [1.807, 2.05) is 0 Å². The van der Waals surface area contributed by atoms with Gasteiger partial charge in [0.2, 0.25) is 17.7 Å². The van der Waals surface area contributed by atoms with Gasteiger partial charge in [-0.3, -0.25) is 48.6 Å². The number of fused-ring (bicyclic) bond motifs is 1. The molecule has 1 unspecified atom stereocenters. The van der Waals surface area contributed by atoms with Crippen LogP contribution in [-0.4, -0.2) is 104 Å². The number of amides is 7. The van der Waals surface area contributed by atoms with Crippen LogP contribution in [0.15, 0.2) is 77.7 Å². The van der Waals surface area contributed by atoms with E-state index in [1.54, 1.807) is 24.3 Å². The Kier molecular flexibility index (Phi) is 15.2. The number of nitrogens with one attached hydrogen (secondary N) is 4. The number of nitrogens with zero attached hydrogens (tertiary/aromatic N) is 5. The maximum absolute atomic E-state index is 13.2. The molecule has 0 spiro atoms. The summed E-state index contributed by atoms with van der Waals surface area (Å²) in [5.74, 6) is -4.89. The van der Waals surface area contributed by atoms with Crippen LogP contribution < -0.4 is 31.7 Å². The number of alkyl halides is 3. The number of Topliss-reactive ketones (excluding diaryl/α,β-unsaturated/α-hetero) is 1. The number of ketones is 1. The molecular weight excluding hydrogens is 910 g/mol. The third-order valence-corrected chi connectivity index (χ3v) is 11.1. The van der Waals surface area contributed by atoms with E-state index in [9.17, 15) is 51.5 Å². The number of oxazole rings is 1. The van der Waals surface area contributed by atoms with Crippen molar-refractivity contribution in [2.45, 2.75) is 76.4 Å². The number of piperidine rings is 1. The van der Waals surface area contributed by atoms with Gasteiger partial charge in [0.1, 0.15) is 30.4 Å². The summed E-state index contributed by atoms with van der Waals surface area (Å²) in [6, 6.07) is 12.5. The first-order chi connectivity index (χ1) is 33.1. The maximum atomic E-state index is 13.2. The fraction of sp³-hybridized carbons (Fsp3) is 0.326. The van der Waals surface area contributed by atoms with Gasteiger partial charge in [-0.05, 0) is 67.8 Å². The molecule has 3 aromatic heterocycles. The highest BCUT2D eigenvalue weighted by Crippen LogP contribution is 2.34. The number of pyridine rings is 1. The summed E-state index contributed by atoms with van der Waals surface area (Å²) in [6.45, 7) is -1.28. The highest BCUT2D eigenvalue weighted by Gasteiger charge is 2.46. The van der Waals surface area contributed by atoms with Crippen LogP contribution in [0.1, 0.15) is 116 Å². The molecule has 360 valence electrons. The summed E-state index contributed by atoms with van der Waals surface area (Å²) in [7, 11) is 0. The van der Waals surface area contributed by atoms with Crippen LogP contribution in [0.4, 0.5) is 24.7 Å². The Morgan fingerprint density at radius 3 is 2.39 bits per heavy atom. The van der Waals surface area contributed by atoms with E-state index in [4.69, 9.17) is 14.9 Å². The lowest BCUT2D eigenvalue weighted by Crippen LogP contribution is -2.54. The largest absolute Gasteiger partial charge is 0.483 e. The third kappa shape index (κ3) is 12.2. The molecule has 0 aliphatic carbocycles. The zero-order valence-corrected chi connectivity index (χ0v) is 36.7. The van der Waals surface area contributed by atoms with E-state index >= 15 is 0 Å². The molecule has 2 aliphatic heterocycles. The molecule has 0 saturated carbocycles. The van der Waals surface area contributed by atoms with Gasteiger partial charge < -0.3 is 30.8 Å². The van der Waals surface area contributed by atoms with Crippen LogP contribution >= 0.6 is 0 Å². The number of unbranched alkanes of at least 4 members (excludes halogenated alkanes) is 6. The molecule has 69 heavy (non-hydrogen) atoms. The van der Waals surface area contributed by atoms with Crippen molar-refractivity contribution in [3.05, 3.63) is 101 Å². The maximum Gasteiger partial charge on any atom is 0.405 e. The second kappa shape index (κ2) is 21.6. The molecule has 1 fully saturated rings. The number of hydrogen-bond acceptors (Lipinski definition) is 14. The van der Waals surface area contributed by atoms with Crippen molar-refractivity contribution in [3.8, 4) is 22.9 Å². The standard InChI is InChI=1S/C46H45F3N10O10/c47-46(48,49)25-53-35-21-27(18-20-51-35)43-55-31(23-69-43)41(64)54-30-22-58(57-39(30)40(50)63)28-14-12-26(13-15-28)33(60)10-6-4-2-1-3-5-7-19-52-37(62)24-68-34-11-8-9-29-38(34)45(67)59(44(29)66)32-16-17-36(61)56-42(32)65/h8-9,11-15,18,20-23,32H,1-7,10,16-17,19,24-25H2,(H2,50,63)(H,51,53)(H,52,62)(H,54,64)(H,56,61,65). The fourth-order valence-corrected chi connectivity index (χ4v) is 7.59. The molecule has 6 N–H and O–H groups in total. The number of benzene rings is 2. The minimum atomic E-state index is -4.46. The smallest absolute Gasteiger partial charge is 0.405 e. The Labute approximate surface area is 390 Å². The van der Waals surface area contributed by atoms with Gasteiger partial charge in [-0.2, -0.15) is 18.3 Å². The van der Waals surface area contributed by atoms with Gasteiger partial charge in [0.15, 0.2) is 23.8 Å². The molecule has 1 atom stereocenters. The molecule has 7 rings (SSSR count). The van der Waals surface area contributed by atoms with Crippen molar-refractivity contribution in [1.29, 1.82) is 0 Å². The summed E-state index contributed by atoms with van der Waals surface area (Å²) < 4.78 is 50.2. The zero-order chi connectivity index (χ0) is 49.2. The number of hydrogen-bond donors (Lipinski definition) is 5. The van der Waals surface area contributed by atoms with E-state index in [2.05, 4.69) is 36.3 Å².